The Morgan fingerprint density at radius 1 is 0.566 bits per heavy atom. The van der Waals surface area contributed by atoms with Crippen molar-refractivity contribution in [3.63, 3.8) is 0 Å². The molecule has 2 atom stereocenters. The summed E-state index contributed by atoms with van der Waals surface area (Å²) < 4.78 is 33.8. The fourth-order valence-corrected chi connectivity index (χ4v) is 6.49. The van der Waals surface area contributed by atoms with Crippen molar-refractivity contribution in [2.45, 2.75) is 193 Å². The molecule has 0 saturated heterocycles. The van der Waals surface area contributed by atoms with Crippen molar-refractivity contribution in [2.75, 3.05) is 47.5 Å². The van der Waals surface area contributed by atoms with Gasteiger partial charge in [0.2, 0.25) is 0 Å². The molecule has 0 radical (unpaired) electrons. The number of quaternary nitrogens is 1. The summed E-state index contributed by atoms with van der Waals surface area (Å²) in [5.41, 5.74) is 0. The molecule has 9 nitrogen and oxygen atoms in total. The molecular formula is C43H82NO8P. The molecule has 0 amide bonds. The van der Waals surface area contributed by atoms with Crippen LogP contribution in [0.3, 0.4) is 0 Å². The number of nitrogens with zero attached hydrogens (tertiary/aromatic N) is 1. The van der Waals surface area contributed by atoms with Crippen molar-refractivity contribution in [3.05, 3.63) is 24.3 Å². The molecule has 0 aromatic rings. The van der Waals surface area contributed by atoms with Crippen LogP contribution in [0.4, 0.5) is 0 Å². The van der Waals surface area contributed by atoms with Crippen LogP contribution >= 0.6 is 7.82 Å². The van der Waals surface area contributed by atoms with Crippen LogP contribution in [0.15, 0.2) is 24.3 Å². The van der Waals surface area contributed by atoms with Gasteiger partial charge < -0.3 is 27.9 Å². The smallest absolute Gasteiger partial charge is 0.306 e. The highest BCUT2D eigenvalue weighted by Crippen LogP contribution is 2.38. The molecule has 0 aromatic carbocycles. The summed E-state index contributed by atoms with van der Waals surface area (Å²) in [5.74, 6) is -0.847. The Bertz CT molecular complexity index is 964. The molecule has 0 aliphatic rings. The van der Waals surface area contributed by atoms with Crippen molar-refractivity contribution < 1.29 is 42.1 Å². The number of ether oxygens (including phenoxy) is 2. The molecule has 0 aliphatic heterocycles. The molecule has 0 rings (SSSR count). The maximum Gasteiger partial charge on any atom is 0.306 e. The van der Waals surface area contributed by atoms with Gasteiger partial charge in [-0.3, -0.25) is 14.2 Å². The van der Waals surface area contributed by atoms with E-state index < -0.39 is 26.5 Å². The highest BCUT2D eigenvalue weighted by atomic mass is 31.2. The third kappa shape index (κ3) is 40.0. The fourth-order valence-electron chi connectivity index (χ4n) is 5.76. The monoisotopic (exact) mass is 772 g/mol. The molecule has 0 fully saturated rings. The van der Waals surface area contributed by atoms with Gasteiger partial charge in [-0.05, 0) is 64.2 Å². The predicted octanol–water partition coefficient (Wildman–Crippen LogP) is 11.3. The zero-order valence-electron chi connectivity index (χ0n) is 35.0. The summed E-state index contributed by atoms with van der Waals surface area (Å²) in [5, 5.41) is 0. The van der Waals surface area contributed by atoms with Crippen LogP contribution in [-0.4, -0.2) is 70.0 Å². The van der Waals surface area contributed by atoms with Gasteiger partial charge in [-0.25, -0.2) is 0 Å². The minimum Gasteiger partial charge on any atom is -0.756 e. The summed E-state index contributed by atoms with van der Waals surface area (Å²) in [6.07, 6.45) is 37.7. The molecular weight excluding hydrogens is 689 g/mol. The Morgan fingerprint density at radius 2 is 0.962 bits per heavy atom. The molecule has 10 heteroatoms. The van der Waals surface area contributed by atoms with Crippen molar-refractivity contribution in [1.82, 2.24) is 0 Å². The van der Waals surface area contributed by atoms with Crippen LogP contribution in [0.2, 0.25) is 0 Å². The number of carbonyl (C=O) groups excluding carboxylic acids is 2. The molecule has 1 unspecified atom stereocenters. The van der Waals surface area contributed by atoms with Gasteiger partial charge in [-0.15, -0.1) is 0 Å². The first-order chi connectivity index (χ1) is 25.5. The second-order valence-corrected chi connectivity index (χ2v) is 17.1. The van der Waals surface area contributed by atoms with Crippen molar-refractivity contribution in [2.24, 2.45) is 0 Å². The molecule has 0 aromatic heterocycles. The van der Waals surface area contributed by atoms with E-state index in [0.29, 0.717) is 17.4 Å². The third-order valence-corrected chi connectivity index (χ3v) is 10.2. The quantitative estimate of drug-likeness (QED) is 0.0200. The van der Waals surface area contributed by atoms with Crippen molar-refractivity contribution >= 4 is 19.8 Å². The van der Waals surface area contributed by atoms with E-state index in [4.69, 9.17) is 18.5 Å². The lowest BCUT2D eigenvalue weighted by Gasteiger charge is -2.28. The third-order valence-electron chi connectivity index (χ3n) is 9.19. The van der Waals surface area contributed by atoms with E-state index in [0.717, 1.165) is 64.2 Å². The zero-order chi connectivity index (χ0) is 39.3. The van der Waals surface area contributed by atoms with E-state index in [2.05, 4.69) is 38.2 Å². The standard InChI is InChI=1S/C43H82NO8P/c1-6-8-10-12-14-16-18-20-22-24-25-27-29-31-33-35-42(45)49-39-41(40-51-53(47,48)50-38-37-44(3,4)5)52-43(46)36-34-32-30-28-26-23-21-19-17-15-13-11-9-7-2/h16,18-19,21,41H,6-15,17,20,22-40H2,1-5H3/b18-16+,21-19+/t41-/m1/s1. The Morgan fingerprint density at radius 3 is 1.42 bits per heavy atom. The van der Waals surface area contributed by atoms with E-state index in [9.17, 15) is 19.0 Å². The fraction of sp³-hybridized carbons (Fsp3) is 0.860. The molecule has 312 valence electrons. The lowest BCUT2D eigenvalue weighted by Crippen LogP contribution is -2.37. The largest absolute Gasteiger partial charge is 0.756 e. The Balaban J connectivity index is 4.38. The molecule has 0 bridgehead atoms. The second-order valence-electron chi connectivity index (χ2n) is 15.7. The first-order valence-corrected chi connectivity index (χ1v) is 23.0. The van der Waals surface area contributed by atoms with Gasteiger partial charge in [0.05, 0.1) is 27.7 Å². The van der Waals surface area contributed by atoms with Crippen LogP contribution < -0.4 is 4.89 Å². The van der Waals surface area contributed by atoms with Crippen LogP contribution in [0.1, 0.15) is 187 Å². The van der Waals surface area contributed by atoms with Gasteiger partial charge in [0.15, 0.2) is 6.10 Å². The number of hydrogen-bond acceptors (Lipinski definition) is 8. The molecule has 0 N–H and O–H groups in total. The van der Waals surface area contributed by atoms with Gasteiger partial charge in [0.1, 0.15) is 19.8 Å². The number of rotatable bonds is 39. The van der Waals surface area contributed by atoms with Crippen LogP contribution in [-0.2, 0) is 32.7 Å². The zero-order valence-corrected chi connectivity index (χ0v) is 35.9. The summed E-state index contributed by atoms with van der Waals surface area (Å²) >= 11 is 0. The molecule has 0 aliphatic carbocycles. The van der Waals surface area contributed by atoms with Crippen LogP contribution in [0.25, 0.3) is 0 Å². The van der Waals surface area contributed by atoms with E-state index in [1.165, 1.54) is 89.9 Å². The normalized spacial score (nSPS) is 13.8. The minimum atomic E-state index is -4.62. The van der Waals surface area contributed by atoms with Gasteiger partial charge >= 0.3 is 11.9 Å². The maximum absolute atomic E-state index is 12.6. The molecule has 0 heterocycles. The molecule has 53 heavy (non-hydrogen) atoms. The topological polar surface area (TPSA) is 111 Å². The average molecular weight is 772 g/mol. The Labute approximate surface area is 326 Å². The average Bonchev–Trinajstić information content (AvgIpc) is 3.10. The number of unbranched alkanes of at least 4 members (excludes halogenated alkanes) is 21. The van der Waals surface area contributed by atoms with Gasteiger partial charge in [-0.1, -0.05) is 134 Å². The lowest BCUT2D eigenvalue weighted by atomic mass is 10.1. The number of hydrogen-bond donors (Lipinski definition) is 0. The highest BCUT2D eigenvalue weighted by molar-refractivity contribution is 7.45. The SMILES string of the molecule is CCCCCC/C=C/CCCCCCCCCC(=O)OC[C@H](COP(=O)([O-])OCC[N+](C)(C)C)OC(=O)CCCCCCC/C=C/CCCCCCC. The van der Waals surface area contributed by atoms with Gasteiger partial charge in [0.25, 0.3) is 7.82 Å². The Kier molecular flexibility index (Phi) is 35.1. The number of phosphoric ester groups is 1. The van der Waals surface area contributed by atoms with Crippen LogP contribution in [0, 0.1) is 0 Å². The van der Waals surface area contributed by atoms with Crippen LogP contribution in [0.5, 0.6) is 0 Å². The van der Waals surface area contributed by atoms with Gasteiger partial charge in [-0.2, -0.15) is 0 Å². The number of allylic oxidation sites excluding steroid dienone is 4. The number of carbonyl (C=O) groups is 2. The number of esters is 2. The van der Waals surface area contributed by atoms with Gasteiger partial charge in [0, 0.05) is 12.8 Å². The van der Waals surface area contributed by atoms with Crippen molar-refractivity contribution in [1.29, 1.82) is 0 Å². The maximum atomic E-state index is 12.6. The Hall–Kier alpha value is -1.51. The summed E-state index contributed by atoms with van der Waals surface area (Å²) in [7, 11) is 1.16. The highest BCUT2D eigenvalue weighted by Gasteiger charge is 2.21. The predicted molar refractivity (Wildman–Crippen MR) is 218 cm³/mol. The van der Waals surface area contributed by atoms with E-state index in [1.54, 1.807) is 0 Å². The first kappa shape index (κ1) is 51.5. The number of likely N-dealkylation sites (N-methyl/N-ethyl adjacent to an activating group) is 1. The summed E-state index contributed by atoms with van der Waals surface area (Å²) in [6, 6.07) is 0. The number of phosphoric acid groups is 1. The van der Waals surface area contributed by atoms with Crippen molar-refractivity contribution in [3.8, 4) is 0 Å². The van der Waals surface area contributed by atoms with E-state index in [1.807, 2.05) is 21.1 Å². The van der Waals surface area contributed by atoms with E-state index in [-0.39, 0.29) is 32.0 Å². The lowest BCUT2D eigenvalue weighted by molar-refractivity contribution is -0.870. The molecule has 0 saturated carbocycles. The molecule has 0 spiro atoms. The van der Waals surface area contributed by atoms with E-state index >= 15 is 0 Å². The second kappa shape index (κ2) is 36.1. The summed E-state index contributed by atoms with van der Waals surface area (Å²) in [6.45, 7) is 4.19. The first-order valence-electron chi connectivity index (χ1n) is 21.5. The minimum absolute atomic E-state index is 0.0320. The summed E-state index contributed by atoms with van der Waals surface area (Å²) in [4.78, 5) is 37.5.